The molecule has 0 fully saturated rings. The van der Waals surface area contributed by atoms with E-state index in [2.05, 4.69) is 10.2 Å². The summed E-state index contributed by atoms with van der Waals surface area (Å²) in [6.07, 6.45) is 0.903. The Morgan fingerprint density at radius 2 is 1.76 bits per heavy atom. The molecule has 1 heterocycles. The summed E-state index contributed by atoms with van der Waals surface area (Å²) in [6.45, 7) is 2.75. The average Bonchev–Trinajstić information content (AvgIpc) is 3.35. The van der Waals surface area contributed by atoms with Crippen LogP contribution in [0.3, 0.4) is 0 Å². The van der Waals surface area contributed by atoms with Crippen LogP contribution < -0.4 is 4.74 Å². The van der Waals surface area contributed by atoms with Gasteiger partial charge in [0.25, 0.3) is 11.6 Å². The van der Waals surface area contributed by atoms with Crippen molar-refractivity contribution in [3.63, 3.8) is 0 Å². The van der Waals surface area contributed by atoms with Crippen LogP contribution in [0, 0.1) is 10.1 Å². The van der Waals surface area contributed by atoms with E-state index in [0.29, 0.717) is 40.2 Å². The van der Waals surface area contributed by atoms with Crippen molar-refractivity contribution in [1.29, 1.82) is 0 Å². The van der Waals surface area contributed by atoms with Gasteiger partial charge in [0, 0.05) is 31.0 Å². The van der Waals surface area contributed by atoms with Gasteiger partial charge in [0.15, 0.2) is 11.0 Å². The minimum absolute atomic E-state index is 0.00519. The Kier molecular flexibility index (Phi) is 8.19. The molecule has 0 saturated heterocycles. The van der Waals surface area contributed by atoms with Crippen LogP contribution in [0.2, 0.25) is 0 Å². The molecule has 10 heteroatoms. The highest BCUT2D eigenvalue weighted by molar-refractivity contribution is 7.98. The lowest BCUT2D eigenvalue weighted by Crippen LogP contribution is -2.27. The average molecular weight is 518 g/mol. The maximum Gasteiger partial charge on any atom is 0.280 e. The maximum absolute atomic E-state index is 12.5. The van der Waals surface area contributed by atoms with Crippen molar-refractivity contribution in [2.45, 2.75) is 24.3 Å². The van der Waals surface area contributed by atoms with Crippen LogP contribution in [0.25, 0.3) is 17.1 Å². The Labute approximate surface area is 219 Å². The van der Waals surface area contributed by atoms with Crippen molar-refractivity contribution in [3.8, 4) is 22.8 Å². The van der Waals surface area contributed by atoms with Gasteiger partial charge in [0.1, 0.15) is 5.75 Å². The van der Waals surface area contributed by atoms with Gasteiger partial charge in [-0.3, -0.25) is 19.5 Å². The number of amides is 1. The van der Waals surface area contributed by atoms with Gasteiger partial charge in [-0.05, 0) is 54.4 Å². The zero-order chi connectivity index (χ0) is 26.4. The number of hydrogen-bond donors (Lipinski definition) is 0. The molecule has 0 N–H and O–H groups in total. The molecule has 37 heavy (non-hydrogen) atoms. The lowest BCUT2D eigenvalue weighted by molar-refractivity contribution is -0.384. The standard InChI is InChI=1S/C27H27N5O4S/c1-4-17-30(2)26(33)20-11-9-19(10-12-20)18-37-27-29-28-25(23-7-5-6-8-24(23)32(34)35)31(27)21-13-15-22(36-3)16-14-21/h5-16H,4,17-18H2,1-3H3. The molecule has 190 valence electrons. The fourth-order valence-corrected chi connectivity index (χ4v) is 4.78. The van der Waals surface area contributed by atoms with Gasteiger partial charge in [-0.15, -0.1) is 10.2 Å². The zero-order valence-corrected chi connectivity index (χ0v) is 21.6. The molecule has 0 saturated carbocycles. The van der Waals surface area contributed by atoms with Crippen LogP contribution in [0.5, 0.6) is 5.75 Å². The van der Waals surface area contributed by atoms with Crippen LogP contribution in [-0.4, -0.2) is 51.2 Å². The summed E-state index contributed by atoms with van der Waals surface area (Å²) >= 11 is 1.46. The van der Waals surface area contributed by atoms with Crippen molar-refractivity contribution in [3.05, 3.63) is 94.0 Å². The van der Waals surface area contributed by atoms with E-state index < -0.39 is 4.92 Å². The number of nitro benzene ring substituents is 1. The number of rotatable bonds is 10. The highest BCUT2D eigenvalue weighted by Gasteiger charge is 2.23. The number of para-hydroxylation sites is 1. The van der Waals surface area contributed by atoms with Gasteiger partial charge in [-0.2, -0.15) is 0 Å². The fourth-order valence-electron chi connectivity index (χ4n) is 3.87. The Morgan fingerprint density at radius 3 is 2.41 bits per heavy atom. The van der Waals surface area contributed by atoms with E-state index in [-0.39, 0.29) is 11.6 Å². The molecule has 0 atom stereocenters. The van der Waals surface area contributed by atoms with Gasteiger partial charge in [-0.25, -0.2) is 0 Å². The second-order valence-corrected chi connectivity index (χ2v) is 9.27. The van der Waals surface area contributed by atoms with E-state index in [1.165, 1.54) is 17.8 Å². The first kappa shape index (κ1) is 25.9. The first-order valence-electron chi connectivity index (χ1n) is 11.7. The molecule has 0 aliphatic heterocycles. The number of thioether (sulfide) groups is 1. The van der Waals surface area contributed by atoms with Crippen molar-refractivity contribution in [2.24, 2.45) is 0 Å². The summed E-state index contributed by atoms with van der Waals surface area (Å²) in [6, 6.07) is 21.4. The predicted molar refractivity (Wildman–Crippen MR) is 143 cm³/mol. The van der Waals surface area contributed by atoms with Crippen LogP contribution >= 0.6 is 11.8 Å². The molecule has 0 aliphatic rings. The summed E-state index contributed by atoms with van der Waals surface area (Å²) in [5.41, 5.74) is 2.73. The molecule has 0 aliphatic carbocycles. The summed E-state index contributed by atoms with van der Waals surface area (Å²) < 4.78 is 7.09. The third-order valence-electron chi connectivity index (χ3n) is 5.78. The lowest BCUT2D eigenvalue weighted by atomic mass is 10.1. The highest BCUT2D eigenvalue weighted by atomic mass is 32.2. The molecule has 0 radical (unpaired) electrons. The molecule has 4 aromatic rings. The van der Waals surface area contributed by atoms with E-state index in [1.54, 1.807) is 37.3 Å². The summed E-state index contributed by atoms with van der Waals surface area (Å²) in [4.78, 5) is 25.5. The molecular weight excluding hydrogens is 490 g/mol. The lowest BCUT2D eigenvalue weighted by Gasteiger charge is -2.16. The molecule has 1 amide bonds. The minimum atomic E-state index is -0.421. The van der Waals surface area contributed by atoms with E-state index in [1.807, 2.05) is 60.0 Å². The van der Waals surface area contributed by atoms with E-state index >= 15 is 0 Å². The van der Waals surface area contributed by atoms with Crippen LogP contribution in [0.15, 0.2) is 78.0 Å². The molecule has 1 aromatic heterocycles. The Bertz CT molecular complexity index is 1390. The largest absolute Gasteiger partial charge is 0.497 e. The van der Waals surface area contributed by atoms with Crippen LogP contribution in [0.4, 0.5) is 5.69 Å². The first-order valence-corrected chi connectivity index (χ1v) is 12.7. The number of nitrogens with zero attached hydrogens (tertiary/aromatic N) is 5. The number of nitro groups is 1. The quantitative estimate of drug-likeness (QED) is 0.153. The van der Waals surface area contributed by atoms with Crippen molar-refractivity contribution in [1.82, 2.24) is 19.7 Å². The summed E-state index contributed by atoms with van der Waals surface area (Å²) in [5, 5.41) is 21.0. The maximum atomic E-state index is 12.5. The van der Waals surface area contributed by atoms with E-state index in [0.717, 1.165) is 17.7 Å². The van der Waals surface area contributed by atoms with Gasteiger partial charge >= 0.3 is 0 Å². The number of ether oxygens (including phenoxy) is 1. The molecule has 4 rings (SSSR count). The van der Waals surface area contributed by atoms with Crippen molar-refractivity contribution >= 4 is 23.4 Å². The third-order valence-corrected chi connectivity index (χ3v) is 6.78. The molecule has 0 bridgehead atoms. The number of aromatic nitrogens is 3. The Balaban J connectivity index is 1.65. The SMILES string of the molecule is CCCN(C)C(=O)c1ccc(CSc2nnc(-c3ccccc3[N+](=O)[O-])n2-c2ccc(OC)cc2)cc1. The molecule has 3 aromatic carbocycles. The summed E-state index contributed by atoms with van der Waals surface area (Å²) in [5.74, 6) is 1.64. The topological polar surface area (TPSA) is 103 Å². The number of methoxy groups -OCH3 is 1. The van der Waals surface area contributed by atoms with Gasteiger partial charge in [-0.1, -0.05) is 43.0 Å². The third kappa shape index (κ3) is 5.80. The van der Waals surface area contributed by atoms with E-state index in [9.17, 15) is 14.9 Å². The van der Waals surface area contributed by atoms with Crippen LogP contribution in [-0.2, 0) is 5.75 Å². The van der Waals surface area contributed by atoms with Gasteiger partial charge < -0.3 is 9.64 Å². The molecule has 9 nitrogen and oxygen atoms in total. The fraction of sp³-hybridized carbons (Fsp3) is 0.222. The number of carbonyl (C=O) groups is 1. The van der Waals surface area contributed by atoms with Crippen molar-refractivity contribution < 1.29 is 14.5 Å². The molecule has 0 unspecified atom stereocenters. The van der Waals surface area contributed by atoms with Gasteiger partial charge in [0.2, 0.25) is 0 Å². The number of benzene rings is 3. The van der Waals surface area contributed by atoms with Gasteiger partial charge in [0.05, 0.1) is 23.3 Å². The number of carbonyl (C=O) groups excluding carboxylic acids is 1. The second kappa shape index (κ2) is 11.7. The predicted octanol–water partition coefficient (Wildman–Crippen LogP) is 5.63. The number of hydrogen-bond acceptors (Lipinski definition) is 7. The summed E-state index contributed by atoms with van der Waals surface area (Å²) in [7, 11) is 3.39. The zero-order valence-electron chi connectivity index (χ0n) is 20.8. The minimum Gasteiger partial charge on any atom is -0.497 e. The van der Waals surface area contributed by atoms with Crippen molar-refractivity contribution in [2.75, 3.05) is 20.7 Å². The van der Waals surface area contributed by atoms with Crippen LogP contribution in [0.1, 0.15) is 29.3 Å². The monoisotopic (exact) mass is 517 g/mol. The second-order valence-electron chi connectivity index (χ2n) is 8.33. The smallest absolute Gasteiger partial charge is 0.280 e. The molecular formula is C27H27N5O4S. The molecule has 0 spiro atoms. The Morgan fingerprint density at radius 1 is 1.05 bits per heavy atom. The normalized spacial score (nSPS) is 10.8. The van der Waals surface area contributed by atoms with E-state index in [4.69, 9.17) is 4.74 Å². The highest BCUT2D eigenvalue weighted by Crippen LogP contribution is 2.34. The first-order chi connectivity index (χ1) is 17.9. The Hall–Kier alpha value is -4.18.